The minimum atomic E-state index is 0. The highest BCUT2D eigenvalue weighted by molar-refractivity contribution is 7.59. The first-order valence-electron chi connectivity index (χ1n) is 2.79. The minimum absolute atomic E-state index is 0. The second kappa shape index (κ2) is 3.42. The molecule has 0 aliphatic carbocycles. The zero-order valence-electron chi connectivity index (χ0n) is 5.61. The number of fused-ring (bicyclic) bond motifs is 2. The predicted octanol–water partition coefficient (Wildman–Crippen LogP) is 4.49. The lowest BCUT2D eigenvalue weighted by atomic mass is 10.3. The summed E-state index contributed by atoms with van der Waals surface area (Å²) in [5.74, 6) is 0. The van der Waals surface area contributed by atoms with E-state index in [9.17, 15) is 0 Å². The van der Waals surface area contributed by atoms with Crippen LogP contribution >= 0.6 is 48.3 Å². The molecule has 1 aliphatic heterocycles. The van der Waals surface area contributed by atoms with Crippen molar-refractivity contribution in [3.05, 3.63) is 21.1 Å². The summed E-state index contributed by atoms with van der Waals surface area (Å²) in [6.07, 6.45) is 0. The Hall–Kier alpha value is 0.0400. The average molecular weight is 242 g/mol. The van der Waals surface area contributed by atoms with Gasteiger partial charge in [-0.2, -0.15) is 13.5 Å². The zero-order valence-corrected chi connectivity index (χ0v) is 8.87. The number of hydrogen-bond acceptors (Lipinski definition) is 2. The summed E-state index contributed by atoms with van der Waals surface area (Å²) in [5.41, 5.74) is 1.16. The minimum Gasteiger partial charge on any atom is -0.197 e. The van der Waals surface area contributed by atoms with Crippen LogP contribution in [0, 0.1) is 0 Å². The fourth-order valence-corrected chi connectivity index (χ4v) is 1.45. The number of hydrogen-bond donors (Lipinski definition) is 0. The van der Waals surface area contributed by atoms with Crippen molar-refractivity contribution in [2.24, 2.45) is 10.2 Å². The first-order chi connectivity index (χ1) is 5.20. The Morgan fingerprint density at radius 2 is 1.25 bits per heavy atom. The standard InChI is InChI=1S/C6HCl3N2.H2S/c7-4-2-1-3(11-10-2)5(8)6(4)9;/h1H;1H2. The molecule has 2 rings (SSSR count). The Bertz CT molecular complexity index is 334. The molecule has 0 amide bonds. The van der Waals surface area contributed by atoms with Gasteiger partial charge in [0.2, 0.25) is 0 Å². The number of rotatable bonds is 0. The third-order valence-electron chi connectivity index (χ3n) is 1.37. The Labute approximate surface area is 91.0 Å². The lowest BCUT2D eigenvalue weighted by Crippen LogP contribution is -1.69. The fourth-order valence-electron chi connectivity index (χ4n) is 0.831. The maximum absolute atomic E-state index is 5.76. The molecule has 2 nitrogen and oxygen atoms in total. The molecule has 0 saturated carbocycles. The van der Waals surface area contributed by atoms with Crippen LogP contribution in [0.5, 0.6) is 0 Å². The lowest BCUT2D eigenvalue weighted by Gasteiger charge is -1.97. The first kappa shape index (κ1) is 10.1. The van der Waals surface area contributed by atoms with Crippen molar-refractivity contribution in [3.8, 4) is 0 Å². The van der Waals surface area contributed by atoms with Crippen LogP contribution < -0.4 is 0 Å². The van der Waals surface area contributed by atoms with E-state index < -0.39 is 0 Å². The van der Waals surface area contributed by atoms with Crippen molar-refractivity contribution in [3.63, 3.8) is 0 Å². The van der Waals surface area contributed by atoms with Crippen LogP contribution in [0.15, 0.2) is 16.3 Å². The van der Waals surface area contributed by atoms with Crippen LogP contribution in [0.3, 0.4) is 0 Å². The van der Waals surface area contributed by atoms with Crippen LogP contribution in [0.25, 0.3) is 0 Å². The fraction of sp³-hybridized carbons (Fsp3) is 0. The summed E-state index contributed by atoms with van der Waals surface area (Å²) in [5, 5.41) is 8.55. The van der Waals surface area contributed by atoms with Crippen molar-refractivity contribution in [2.75, 3.05) is 0 Å². The quantitative estimate of drug-likeness (QED) is 0.607. The molecule has 0 aromatic heterocycles. The van der Waals surface area contributed by atoms with Gasteiger partial charge in [-0.1, -0.05) is 34.8 Å². The molecule has 0 radical (unpaired) electrons. The van der Waals surface area contributed by atoms with Gasteiger partial charge in [-0.05, 0) is 6.07 Å². The Balaban J connectivity index is 0.000000720. The van der Waals surface area contributed by atoms with Gasteiger partial charge in [0.25, 0.3) is 0 Å². The average Bonchev–Trinajstić information content (AvgIpc) is 2.44. The normalized spacial score (nSPS) is 11.6. The van der Waals surface area contributed by atoms with Crippen molar-refractivity contribution < 1.29 is 0 Å². The van der Waals surface area contributed by atoms with Crippen LogP contribution in [-0.4, -0.2) is 0 Å². The van der Waals surface area contributed by atoms with Gasteiger partial charge in [-0.25, -0.2) is 0 Å². The van der Waals surface area contributed by atoms with Gasteiger partial charge in [0.15, 0.2) is 0 Å². The summed E-state index contributed by atoms with van der Waals surface area (Å²) in [6.45, 7) is 0. The van der Waals surface area contributed by atoms with E-state index in [0.717, 1.165) is 0 Å². The van der Waals surface area contributed by atoms with Gasteiger partial charge in [-0.15, -0.1) is 10.2 Å². The van der Waals surface area contributed by atoms with E-state index in [1.807, 2.05) is 0 Å². The van der Waals surface area contributed by atoms with Gasteiger partial charge in [0.1, 0.15) is 11.4 Å². The third kappa shape index (κ3) is 1.31. The highest BCUT2D eigenvalue weighted by Gasteiger charge is 2.17. The summed E-state index contributed by atoms with van der Waals surface area (Å²) in [7, 11) is 0. The third-order valence-corrected chi connectivity index (χ3v) is 2.71. The molecule has 0 saturated heterocycles. The van der Waals surface area contributed by atoms with E-state index in [1.165, 1.54) is 0 Å². The van der Waals surface area contributed by atoms with Gasteiger partial charge in [0.05, 0.1) is 15.1 Å². The van der Waals surface area contributed by atoms with Gasteiger partial charge >= 0.3 is 0 Å². The highest BCUT2D eigenvalue weighted by atomic mass is 35.5. The number of halogens is 3. The molecular formula is C6H3Cl3N2S. The molecule has 1 aliphatic rings. The summed E-state index contributed by atoms with van der Waals surface area (Å²) in [4.78, 5) is 0. The van der Waals surface area contributed by atoms with Gasteiger partial charge in [-0.3, -0.25) is 0 Å². The van der Waals surface area contributed by atoms with E-state index in [4.69, 9.17) is 34.8 Å². The van der Waals surface area contributed by atoms with E-state index in [-0.39, 0.29) is 13.5 Å². The molecule has 0 unspecified atom stereocenters. The number of nitrogens with zero attached hydrogens (tertiary/aromatic N) is 2. The smallest absolute Gasteiger partial charge is 0.108 e. The van der Waals surface area contributed by atoms with E-state index in [1.54, 1.807) is 6.07 Å². The molecule has 6 heteroatoms. The number of benzene rings is 1. The predicted molar refractivity (Wildman–Crippen MR) is 56.0 cm³/mol. The van der Waals surface area contributed by atoms with Gasteiger partial charge < -0.3 is 0 Å². The lowest BCUT2D eigenvalue weighted by molar-refractivity contribution is 1.31. The molecule has 1 heterocycles. The zero-order chi connectivity index (χ0) is 8.01. The monoisotopic (exact) mass is 240 g/mol. The Morgan fingerprint density at radius 1 is 0.833 bits per heavy atom. The van der Waals surface area contributed by atoms with Crippen LogP contribution in [0.1, 0.15) is 0 Å². The van der Waals surface area contributed by atoms with Crippen LogP contribution in [-0.2, 0) is 0 Å². The van der Waals surface area contributed by atoms with E-state index in [2.05, 4.69) is 10.2 Å². The molecule has 64 valence electrons. The van der Waals surface area contributed by atoms with Crippen LogP contribution in [0.4, 0.5) is 11.4 Å². The molecule has 0 spiro atoms. The first-order valence-corrected chi connectivity index (χ1v) is 3.93. The van der Waals surface area contributed by atoms with Crippen molar-refractivity contribution in [2.45, 2.75) is 0 Å². The molecule has 0 atom stereocenters. The number of azo groups is 1. The molecule has 0 fully saturated rings. The molecule has 12 heavy (non-hydrogen) atoms. The van der Waals surface area contributed by atoms with Crippen molar-refractivity contribution in [1.29, 1.82) is 0 Å². The summed E-state index contributed by atoms with van der Waals surface area (Å²) >= 11 is 17.3. The highest BCUT2D eigenvalue weighted by Crippen LogP contribution is 2.47. The largest absolute Gasteiger partial charge is 0.197 e. The van der Waals surface area contributed by atoms with Crippen molar-refractivity contribution in [1.82, 2.24) is 0 Å². The maximum Gasteiger partial charge on any atom is 0.108 e. The molecule has 2 bridgehead atoms. The Kier molecular flexibility index (Phi) is 2.88. The molecular weight excluding hydrogens is 239 g/mol. The SMILES string of the molecule is Clc1c2cc(c(Cl)c1Cl)N=N2.S. The second-order valence-corrected chi connectivity index (χ2v) is 3.19. The second-order valence-electron chi connectivity index (χ2n) is 2.06. The summed E-state index contributed by atoms with van der Waals surface area (Å²) < 4.78 is 0. The van der Waals surface area contributed by atoms with Crippen molar-refractivity contribution >= 4 is 59.7 Å². The molecule has 0 N–H and O–H groups in total. The van der Waals surface area contributed by atoms with E-state index >= 15 is 0 Å². The topological polar surface area (TPSA) is 24.7 Å². The molecule has 1 aromatic carbocycles. The summed E-state index contributed by atoms with van der Waals surface area (Å²) in [6, 6.07) is 1.69. The van der Waals surface area contributed by atoms with Gasteiger partial charge in [0, 0.05) is 0 Å². The van der Waals surface area contributed by atoms with Crippen LogP contribution in [0.2, 0.25) is 15.1 Å². The maximum atomic E-state index is 5.76. The Morgan fingerprint density at radius 3 is 1.67 bits per heavy atom. The van der Waals surface area contributed by atoms with E-state index in [0.29, 0.717) is 26.4 Å². The molecule has 1 aromatic rings.